The summed E-state index contributed by atoms with van der Waals surface area (Å²) < 4.78 is 34.8. The molecule has 8 heteroatoms. The van der Waals surface area contributed by atoms with Crippen molar-refractivity contribution in [2.24, 2.45) is 0 Å². The van der Waals surface area contributed by atoms with Crippen LogP contribution in [0.1, 0.15) is 11.4 Å². The lowest BCUT2D eigenvalue weighted by atomic mass is 10.2. The number of benzene rings is 1. The Bertz CT molecular complexity index is 703. The van der Waals surface area contributed by atoms with Crippen molar-refractivity contribution in [3.63, 3.8) is 0 Å². The molecule has 0 unspecified atom stereocenters. The highest BCUT2D eigenvalue weighted by Gasteiger charge is 2.14. The summed E-state index contributed by atoms with van der Waals surface area (Å²) in [5.41, 5.74) is 0.983. The van der Waals surface area contributed by atoms with Crippen LogP contribution in [0.4, 0.5) is 0 Å². The van der Waals surface area contributed by atoms with Crippen LogP contribution in [0, 0.1) is 6.92 Å². The van der Waals surface area contributed by atoms with E-state index >= 15 is 0 Å². The maximum atomic E-state index is 11.9. The number of aryl methyl sites for hydroxylation is 1. The lowest BCUT2D eigenvalue weighted by Gasteiger charge is -2.06. The fraction of sp³-hybridized carbons (Fsp3) is 0.286. The Hall–Kier alpha value is -1.35. The Labute approximate surface area is 137 Å². The zero-order valence-corrected chi connectivity index (χ0v) is 14.3. The van der Waals surface area contributed by atoms with E-state index in [0.29, 0.717) is 5.82 Å². The first-order valence-electron chi connectivity index (χ1n) is 6.48. The van der Waals surface area contributed by atoms with Gasteiger partial charge in [0.1, 0.15) is 6.61 Å². The molecule has 0 aliphatic rings. The lowest BCUT2D eigenvalue weighted by Crippen LogP contribution is -2.12. The topological polar surface area (TPSA) is 78.4 Å². The number of aromatic nitrogens is 2. The fourth-order valence-corrected chi connectivity index (χ4v) is 2.65. The number of hydrogen-bond acceptors (Lipinski definition) is 6. The van der Waals surface area contributed by atoms with Gasteiger partial charge in [-0.2, -0.15) is 8.42 Å². The van der Waals surface area contributed by atoms with Crippen molar-refractivity contribution < 1.29 is 17.3 Å². The van der Waals surface area contributed by atoms with Crippen LogP contribution in [0.15, 0.2) is 46.0 Å². The van der Waals surface area contributed by atoms with Crippen LogP contribution in [0.25, 0.3) is 0 Å². The average Bonchev–Trinajstić information content (AvgIpc) is 2.49. The Morgan fingerprint density at radius 3 is 2.36 bits per heavy atom. The summed E-state index contributed by atoms with van der Waals surface area (Å²) in [5.74, 6) is 0.518. The van der Waals surface area contributed by atoms with Crippen LogP contribution in [-0.4, -0.2) is 31.6 Å². The van der Waals surface area contributed by atoms with E-state index in [9.17, 15) is 8.42 Å². The normalized spacial score (nSPS) is 11.5. The third-order valence-electron chi connectivity index (χ3n) is 2.68. The smallest absolute Gasteiger partial charge is 0.297 e. The second kappa shape index (κ2) is 7.77. The van der Waals surface area contributed by atoms with Crippen molar-refractivity contribution in [2.75, 3.05) is 13.2 Å². The number of halogens is 1. The molecule has 1 heterocycles. The van der Waals surface area contributed by atoms with Gasteiger partial charge in [0.15, 0.2) is 5.82 Å². The minimum absolute atomic E-state index is 0.0628. The molecule has 0 fully saturated rings. The highest BCUT2D eigenvalue weighted by atomic mass is 79.9. The highest BCUT2D eigenvalue weighted by Crippen LogP contribution is 2.13. The van der Waals surface area contributed by atoms with Crippen LogP contribution in [0.2, 0.25) is 0 Å². The molecule has 2 rings (SSSR count). The zero-order valence-electron chi connectivity index (χ0n) is 11.9. The van der Waals surface area contributed by atoms with Crippen molar-refractivity contribution in [1.29, 1.82) is 0 Å². The summed E-state index contributed by atoms with van der Waals surface area (Å²) in [5, 5.41) is 0. The second-order valence-electron chi connectivity index (χ2n) is 4.46. The van der Waals surface area contributed by atoms with E-state index in [1.165, 1.54) is 12.1 Å². The van der Waals surface area contributed by atoms with Gasteiger partial charge < -0.3 is 4.74 Å². The van der Waals surface area contributed by atoms with Gasteiger partial charge in [-0.15, -0.1) is 0 Å². The minimum Gasteiger partial charge on any atom is -0.371 e. The lowest BCUT2D eigenvalue weighted by molar-refractivity contribution is 0.0865. The SMILES string of the molecule is Cc1ccc(S(=O)(=O)OCCOCc2ncc(Br)cn2)cc1. The molecule has 1 aromatic heterocycles. The van der Waals surface area contributed by atoms with E-state index in [2.05, 4.69) is 25.9 Å². The van der Waals surface area contributed by atoms with Gasteiger partial charge in [-0.1, -0.05) is 17.7 Å². The first kappa shape index (κ1) is 17.0. The molecule has 1 aromatic carbocycles. The third kappa shape index (κ3) is 5.13. The van der Waals surface area contributed by atoms with Crippen molar-refractivity contribution in [3.05, 3.63) is 52.5 Å². The Balaban J connectivity index is 1.76. The van der Waals surface area contributed by atoms with E-state index < -0.39 is 10.1 Å². The van der Waals surface area contributed by atoms with Crippen LogP contribution >= 0.6 is 15.9 Å². The summed E-state index contributed by atoms with van der Waals surface area (Å²) in [6.45, 7) is 2.15. The number of hydrogen-bond donors (Lipinski definition) is 0. The van der Waals surface area contributed by atoms with Gasteiger partial charge in [0, 0.05) is 12.4 Å². The molecule has 6 nitrogen and oxygen atoms in total. The van der Waals surface area contributed by atoms with Gasteiger partial charge in [-0.25, -0.2) is 9.97 Å². The minimum atomic E-state index is -3.75. The van der Waals surface area contributed by atoms with Gasteiger partial charge >= 0.3 is 0 Å². The molecule has 2 aromatic rings. The van der Waals surface area contributed by atoms with Crippen LogP contribution in [0.5, 0.6) is 0 Å². The predicted molar refractivity (Wildman–Crippen MR) is 83.7 cm³/mol. The zero-order chi connectivity index (χ0) is 16.0. The van der Waals surface area contributed by atoms with Crippen LogP contribution < -0.4 is 0 Å². The van der Waals surface area contributed by atoms with Crippen molar-refractivity contribution in [2.45, 2.75) is 18.4 Å². The predicted octanol–water partition coefficient (Wildman–Crippen LogP) is 2.47. The van der Waals surface area contributed by atoms with E-state index in [0.717, 1.165) is 10.0 Å². The molecule has 0 saturated carbocycles. The standard InChI is InChI=1S/C14H15BrN2O4S/c1-11-2-4-13(5-3-11)22(18,19)21-7-6-20-10-14-16-8-12(15)9-17-14/h2-5,8-9H,6-7,10H2,1H3. The summed E-state index contributed by atoms with van der Waals surface area (Å²) in [6.07, 6.45) is 3.23. The number of rotatable bonds is 7. The van der Waals surface area contributed by atoms with Gasteiger partial charge in [0.05, 0.1) is 22.6 Å². The molecule has 0 spiro atoms. The summed E-state index contributed by atoms with van der Waals surface area (Å²) in [4.78, 5) is 8.21. The molecule has 0 radical (unpaired) electrons. The molecular weight excluding hydrogens is 372 g/mol. The summed E-state index contributed by atoms with van der Waals surface area (Å²) in [6, 6.07) is 6.47. The molecule has 0 atom stereocenters. The van der Waals surface area contributed by atoms with Crippen molar-refractivity contribution in [1.82, 2.24) is 9.97 Å². The van der Waals surface area contributed by atoms with E-state index in [-0.39, 0.29) is 24.7 Å². The molecule has 22 heavy (non-hydrogen) atoms. The van der Waals surface area contributed by atoms with Crippen molar-refractivity contribution in [3.8, 4) is 0 Å². The van der Waals surface area contributed by atoms with Gasteiger partial charge in [0.2, 0.25) is 0 Å². The summed E-state index contributed by atoms with van der Waals surface area (Å²) in [7, 11) is -3.75. The molecule has 0 bridgehead atoms. The quantitative estimate of drug-likeness (QED) is 0.537. The van der Waals surface area contributed by atoms with Gasteiger partial charge in [-0.05, 0) is 35.0 Å². The summed E-state index contributed by atoms with van der Waals surface area (Å²) >= 11 is 3.23. The number of nitrogens with zero attached hydrogens (tertiary/aromatic N) is 2. The Morgan fingerprint density at radius 1 is 1.09 bits per heavy atom. The largest absolute Gasteiger partial charge is 0.371 e. The molecule has 0 saturated heterocycles. The third-order valence-corrected chi connectivity index (χ3v) is 4.42. The van der Waals surface area contributed by atoms with E-state index in [1.807, 2.05) is 6.92 Å². The maximum absolute atomic E-state index is 11.9. The maximum Gasteiger partial charge on any atom is 0.297 e. The molecule has 0 aliphatic carbocycles. The number of ether oxygens (including phenoxy) is 1. The second-order valence-corrected chi connectivity index (χ2v) is 6.99. The first-order chi connectivity index (χ1) is 10.5. The average molecular weight is 387 g/mol. The molecule has 0 aliphatic heterocycles. The van der Waals surface area contributed by atoms with Crippen LogP contribution in [0.3, 0.4) is 0 Å². The highest BCUT2D eigenvalue weighted by molar-refractivity contribution is 9.10. The fourth-order valence-electron chi connectivity index (χ4n) is 1.55. The van der Waals surface area contributed by atoms with Crippen molar-refractivity contribution >= 4 is 26.0 Å². The monoisotopic (exact) mass is 386 g/mol. The molecule has 0 amide bonds. The molecule has 0 N–H and O–H groups in total. The van der Waals surface area contributed by atoms with E-state index in [1.54, 1.807) is 24.5 Å². The van der Waals surface area contributed by atoms with Gasteiger partial charge in [0.25, 0.3) is 10.1 Å². The van der Waals surface area contributed by atoms with Gasteiger partial charge in [-0.3, -0.25) is 4.18 Å². The molecular formula is C14H15BrN2O4S. The Kier molecular flexibility index (Phi) is 6.01. The van der Waals surface area contributed by atoms with Crippen LogP contribution in [-0.2, 0) is 25.6 Å². The Morgan fingerprint density at radius 2 is 1.73 bits per heavy atom. The van der Waals surface area contributed by atoms with E-state index in [4.69, 9.17) is 8.92 Å². The molecule has 118 valence electrons. The first-order valence-corrected chi connectivity index (χ1v) is 8.68.